The van der Waals surface area contributed by atoms with E-state index in [0.29, 0.717) is 10.7 Å². The number of H-pyrrole nitrogens is 1. The molecule has 0 unspecified atom stereocenters. The molecule has 162 valence electrons. The number of hydrogen-bond donors (Lipinski definition) is 1. The Morgan fingerprint density at radius 2 is 1.77 bits per heavy atom. The van der Waals surface area contributed by atoms with Crippen LogP contribution in [0.4, 0.5) is 4.79 Å². The highest BCUT2D eigenvalue weighted by Gasteiger charge is 2.51. The number of hydrogen-bond acceptors (Lipinski definition) is 4. The van der Waals surface area contributed by atoms with E-state index in [9.17, 15) is 9.59 Å². The Labute approximate surface area is 185 Å². The molecule has 5 rings (SSSR count). The molecular formula is C23H25ClN4O3. The summed E-state index contributed by atoms with van der Waals surface area (Å²) in [4.78, 5) is 34.3. The summed E-state index contributed by atoms with van der Waals surface area (Å²) in [6, 6.07) is 11.8. The number of carbonyl (C=O) groups is 1. The van der Waals surface area contributed by atoms with Crippen LogP contribution in [-0.2, 0) is 4.74 Å². The lowest BCUT2D eigenvalue weighted by molar-refractivity contribution is 0.0662. The molecule has 0 spiro atoms. The topological polar surface area (TPSA) is 80.2 Å². The molecule has 31 heavy (non-hydrogen) atoms. The molecule has 1 atom stereocenters. The van der Waals surface area contributed by atoms with Crippen molar-refractivity contribution in [3.63, 3.8) is 0 Å². The predicted octanol–water partition coefficient (Wildman–Crippen LogP) is 4.83. The Morgan fingerprint density at radius 3 is 2.48 bits per heavy atom. The molecule has 2 aromatic heterocycles. The van der Waals surface area contributed by atoms with Crippen LogP contribution < -0.4 is 5.69 Å². The maximum Gasteiger partial charge on any atom is 0.411 e. The second kappa shape index (κ2) is 7.41. The van der Waals surface area contributed by atoms with Gasteiger partial charge in [-0.25, -0.2) is 14.6 Å². The minimum Gasteiger partial charge on any atom is -0.441 e. The number of fused-ring (bicyclic) bond motifs is 1. The maximum atomic E-state index is 12.9. The molecule has 1 amide bonds. The van der Waals surface area contributed by atoms with Crippen LogP contribution in [0.2, 0.25) is 5.15 Å². The van der Waals surface area contributed by atoms with Gasteiger partial charge in [0, 0.05) is 18.2 Å². The lowest BCUT2D eigenvalue weighted by Crippen LogP contribution is -2.43. The first kappa shape index (κ1) is 20.1. The summed E-state index contributed by atoms with van der Waals surface area (Å²) in [5, 5.41) is 0.363. The first-order chi connectivity index (χ1) is 14.8. The number of cyclic esters (lactones) is 1. The van der Waals surface area contributed by atoms with E-state index in [0.717, 1.165) is 36.8 Å². The molecule has 1 aromatic carbocycles. The van der Waals surface area contributed by atoms with E-state index in [4.69, 9.17) is 16.3 Å². The van der Waals surface area contributed by atoms with Crippen molar-refractivity contribution in [3.8, 4) is 0 Å². The summed E-state index contributed by atoms with van der Waals surface area (Å²) in [6.07, 6.45) is 4.53. The number of nitrogens with zero attached hydrogens (tertiary/aromatic N) is 3. The van der Waals surface area contributed by atoms with Crippen molar-refractivity contribution in [2.24, 2.45) is 0 Å². The number of halogens is 1. The number of nitrogens with one attached hydrogen (secondary N) is 1. The lowest BCUT2D eigenvalue weighted by atomic mass is 9.86. The summed E-state index contributed by atoms with van der Waals surface area (Å²) in [7, 11) is 0. The molecule has 0 radical (unpaired) electrons. The average Bonchev–Trinajstić information content (AvgIpc) is 3.19. The number of ether oxygens (including phenoxy) is 1. The average molecular weight is 441 g/mol. The van der Waals surface area contributed by atoms with Gasteiger partial charge in [-0.05, 0) is 45.1 Å². The van der Waals surface area contributed by atoms with Gasteiger partial charge in [0.25, 0.3) is 0 Å². The van der Waals surface area contributed by atoms with E-state index in [1.165, 1.54) is 0 Å². The fraction of sp³-hybridized carbons (Fsp3) is 0.435. The largest absolute Gasteiger partial charge is 0.441 e. The third-order valence-corrected chi connectivity index (χ3v) is 6.81. The number of rotatable bonds is 3. The van der Waals surface area contributed by atoms with Gasteiger partial charge in [-0.2, -0.15) is 0 Å². The molecule has 1 aliphatic carbocycles. The maximum absolute atomic E-state index is 12.9. The van der Waals surface area contributed by atoms with Crippen molar-refractivity contribution in [1.82, 2.24) is 19.4 Å². The molecule has 1 saturated heterocycles. The second-order valence-corrected chi connectivity index (χ2v) is 9.37. The summed E-state index contributed by atoms with van der Waals surface area (Å²) in [5.41, 5.74) is 1.79. The Hall–Kier alpha value is -2.80. The van der Waals surface area contributed by atoms with Gasteiger partial charge in [-0.3, -0.25) is 9.47 Å². The van der Waals surface area contributed by atoms with Crippen LogP contribution in [0.3, 0.4) is 0 Å². The molecule has 1 aliphatic heterocycles. The first-order valence-corrected chi connectivity index (χ1v) is 11.0. The molecule has 7 nitrogen and oxygen atoms in total. The summed E-state index contributed by atoms with van der Waals surface area (Å²) >= 11 is 6.07. The van der Waals surface area contributed by atoms with E-state index in [-0.39, 0.29) is 29.9 Å². The summed E-state index contributed by atoms with van der Waals surface area (Å²) < 4.78 is 7.57. The first-order valence-electron chi connectivity index (χ1n) is 10.7. The van der Waals surface area contributed by atoms with Crippen LogP contribution in [0.1, 0.15) is 57.2 Å². The van der Waals surface area contributed by atoms with Crippen molar-refractivity contribution in [2.45, 2.75) is 63.3 Å². The second-order valence-electron chi connectivity index (χ2n) is 8.98. The van der Waals surface area contributed by atoms with Crippen molar-refractivity contribution in [3.05, 3.63) is 63.8 Å². The van der Waals surface area contributed by atoms with E-state index in [1.807, 2.05) is 36.9 Å². The fourth-order valence-corrected chi connectivity index (χ4v) is 5.44. The van der Waals surface area contributed by atoms with Gasteiger partial charge in [-0.15, -0.1) is 0 Å². The monoisotopic (exact) mass is 440 g/mol. The van der Waals surface area contributed by atoms with Gasteiger partial charge >= 0.3 is 11.8 Å². The van der Waals surface area contributed by atoms with Crippen LogP contribution in [0.15, 0.2) is 47.4 Å². The Bertz CT molecular complexity index is 1180. The van der Waals surface area contributed by atoms with Crippen LogP contribution >= 0.6 is 11.6 Å². The zero-order valence-electron chi connectivity index (χ0n) is 17.5. The van der Waals surface area contributed by atoms with Crippen LogP contribution in [0, 0.1) is 0 Å². The van der Waals surface area contributed by atoms with Gasteiger partial charge in [0.15, 0.2) is 0 Å². The van der Waals surface area contributed by atoms with E-state index >= 15 is 0 Å². The minimum atomic E-state index is -0.604. The Morgan fingerprint density at radius 1 is 1.10 bits per heavy atom. The number of carbonyl (C=O) groups excluding carboxylic acids is 1. The number of benzene rings is 1. The van der Waals surface area contributed by atoms with Gasteiger partial charge in [0.1, 0.15) is 10.8 Å². The van der Waals surface area contributed by atoms with E-state index < -0.39 is 5.60 Å². The Balaban J connectivity index is 1.40. The lowest BCUT2D eigenvalue weighted by Gasteiger charge is -2.38. The zero-order chi connectivity index (χ0) is 21.8. The molecule has 0 bridgehead atoms. The van der Waals surface area contributed by atoms with Gasteiger partial charge in [0.05, 0.1) is 23.3 Å². The van der Waals surface area contributed by atoms with E-state index in [1.54, 1.807) is 16.8 Å². The minimum absolute atomic E-state index is 0.0535. The smallest absolute Gasteiger partial charge is 0.411 e. The zero-order valence-corrected chi connectivity index (χ0v) is 18.3. The highest BCUT2D eigenvalue weighted by atomic mass is 35.5. The predicted molar refractivity (Wildman–Crippen MR) is 118 cm³/mol. The van der Waals surface area contributed by atoms with Crippen LogP contribution in [-0.4, -0.2) is 37.2 Å². The number of imidazole rings is 1. The van der Waals surface area contributed by atoms with E-state index in [2.05, 4.69) is 22.1 Å². The van der Waals surface area contributed by atoms with Crippen LogP contribution in [0.25, 0.3) is 11.0 Å². The molecule has 2 fully saturated rings. The molecule has 3 heterocycles. The number of aromatic amines is 1. The van der Waals surface area contributed by atoms with Crippen LogP contribution in [0.5, 0.6) is 0 Å². The van der Waals surface area contributed by atoms with Gasteiger partial charge < -0.3 is 9.72 Å². The SMILES string of the molecule is CC1(C)OC(=O)N(C2CCC(n3c(=O)[nH]c4cnc(Cl)cc43)CC2)[C@H]1c1ccccc1. The number of pyridine rings is 1. The third kappa shape index (κ3) is 3.41. The Kier molecular flexibility index (Phi) is 4.81. The molecule has 1 saturated carbocycles. The van der Waals surface area contributed by atoms with Crippen molar-refractivity contribution in [1.29, 1.82) is 0 Å². The van der Waals surface area contributed by atoms with Gasteiger partial charge in [0.2, 0.25) is 0 Å². The summed E-state index contributed by atoms with van der Waals surface area (Å²) in [6.45, 7) is 3.94. The van der Waals surface area contributed by atoms with Crippen molar-refractivity contribution < 1.29 is 9.53 Å². The number of amides is 1. The fourth-order valence-electron chi connectivity index (χ4n) is 5.29. The molecule has 3 aromatic rings. The molecule has 1 N–H and O–H groups in total. The quantitative estimate of drug-likeness (QED) is 0.591. The van der Waals surface area contributed by atoms with Gasteiger partial charge in [-0.1, -0.05) is 41.9 Å². The molecule has 8 heteroatoms. The molecule has 2 aliphatic rings. The standard InChI is InChI=1S/C23H25ClN4O3/c1-23(2)20(14-6-4-3-5-7-14)28(22(30)31-23)16-10-8-15(9-11-16)27-18-12-19(24)25-13-17(18)26-21(27)29/h3-7,12-13,15-16,20H,8-11H2,1-2H3,(H,26,29)/t15?,16?,20-/m0/s1. The molecular weight excluding hydrogens is 416 g/mol. The highest BCUT2D eigenvalue weighted by Crippen LogP contribution is 2.45. The normalized spacial score (nSPS) is 25.7. The highest BCUT2D eigenvalue weighted by molar-refractivity contribution is 6.29. The third-order valence-electron chi connectivity index (χ3n) is 6.61. The van der Waals surface area contributed by atoms with Crippen molar-refractivity contribution >= 4 is 28.7 Å². The van der Waals surface area contributed by atoms with Crippen molar-refractivity contribution in [2.75, 3.05) is 0 Å². The summed E-state index contributed by atoms with van der Waals surface area (Å²) in [5.74, 6) is 0. The number of aromatic nitrogens is 3.